The van der Waals surface area contributed by atoms with Gasteiger partial charge >= 0.3 is 0 Å². The normalized spacial score (nSPS) is 20.4. The second-order valence-corrected chi connectivity index (χ2v) is 4.04. The number of oxime groups is 1. The van der Waals surface area contributed by atoms with Crippen molar-refractivity contribution < 1.29 is 4.84 Å². The molecule has 2 rings (SSSR count). The van der Waals surface area contributed by atoms with Crippen molar-refractivity contribution in [2.75, 3.05) is 6.54 Å². The molecule has 1 aliphatic rings. The number of nitrogens with zero attached hydrogens (tertiary/aromatic N) is 1. The lowest BCUT2D eigenvalue weighted by molar-refractivity contribution is 0.0852. The third-order valence-electron chi connectivity index (χ3n) is 2.22. The van der Waals surface area contributed by atoms with Gasteiger partial charge in [-0.3, -0.25) is 0 Å². The van der Waals surface area contributed by atoms with Crippen LogP contribution in [0.1, 0.15) is 18.1 Å². The minimum atomic E-state index is 0.0177. The van der Waals surface area contributed by atoms with Crippen LogP contribution in [0, 0.1) is 0 Å². The zero-order chi connectivity index (χ0) is 9.97. The topological polar surface area (TPSA) is 47.6 Å². The largest absolute Gasteiger partial charge is 0.387 e. The molecule has 1 atom stereocenters. The molecule has 1 aromatic carbocycles. The first-order chi connectivity index (χ1) is 6.81. The Balaban J connectivity index is 2.16. The molecule has 0 saturated heterocycles. The zero-order valence-electron chi connectivity index (χ0n) is 7.61. The summed E-state index contributed by atoms with van der Waals surface area (Å²) >= 11 is 3.49. The van der Waals surface area contributed by atoms with Crippen molar-refractivity contribution in [1.29, 1.82) is 0 Å². The monoisotopic (exact) mass is 254 g/mol. The predicted octanol–water partition coefficient (Wildman–Crippen LogP) is 2.23. The van der Waals surface area contributed by atoms with E-state index in [1.54, 1.807) is 0 Å². The summed E-state index contributed by atoms with van der Waals surface area (Å²) in [5, 5.41) is 3.92. The molecule has 2 N–H and O–H groups in total. The first-order valence-electron chi connectivity index (χ1n) is 4.47. The minimum absolute atomic E-state index is 0.0177. The highest BCUT2D eigenvalue weighted by atomic mass is 79.9. The molecule has 0 aromatic heterocycles. The molecule has 0 radical (unpaired) electrons. The maximum atomic E-state index is 5.49. The van der Waals surface area contributed by atoms with Crippen LogP contribution in [0.2, 0.25) is 0 Å². The number of rotatable bonds is 2. The molecule has 0 fully saturated rings. The van der Waals surface area contributed by atoms with Gasteiger partial charge in [-0.25, -0.2) is 0 Å². The Morgan fingerprint density at radius 1 is 1.50 bits per heavy atom. The number of benzene rings is 1. The van der Waals surface area contributed by atoms with Crippen LogP contribution in [0.3, 0.4) is 0 Å². The van der Waals surface area contributed by atoms with Gasteiger partial charge in [0.1, 0.15) is 0 Å². The molecule has 14 heavy (non-hydrogen) atoms. The van der Waals surface area contributed by atoms with E-state index in [4.69, 9.17) is 10.6 Å². The minimum Gasteiger partial charge on any atom is -0.387 e. The molecule has 3 nitrogen and oxygen atoms in total. The van der Waals surface area contributed by atoms with Crippen LogP contribution in [0.5, 0.6) is 0 Å². The third kappa shape index (κ3) is 1.81. The van der Waals surface area contributed by atoms with Gasteiger partial charge in [0.05, 0.1) is 5.71 Å². The van der Waals surface area contributed by atoms with Crippen molar-refractivity contribution in [2.24, 2.45) is 10.9 Å². The van der Waals surface area contributed by atoms with E-state index < -0.39 is 0 Å². The summed E-state index contributed by atoms with van der Waals surface area (Å²) < 4.78 is 1.05. The fourth-order valence-electron chi connectivity index (χ4n) is 1.45. The number of hydrogen-bond donors (Lipinski definition) is 1. The smallest absolute Gasteiger partial charge is 0.159 e. The van der Waals surface area contributed by atoms with Gasteiger partial charge < -0.3 is 10.6 Å². The Morgan fingerprint density at radius 2 is 2.29 bits per heavy atom. The van der Waals surface area contributed by atoms with E-state index in [2.05, 4.69) is 21.1 Å². The Morgan fingerprint density at radius 3 is 2.93 bits per heavy atom. The molecular formula is C10H11BrN2O. The molecule has 1 aromatic rings. The lowest BCUT2D eigenvalue weighted by Crippen LogP contribution is -2.12. The Kier molecular flexibility index (Phi) is 2.84. The summed E-state index contributed by atoms with van der Waals surface area (Å²) in [6, 6.07) is 8.00. The second kappa shape index (κ2) is 4.11. The van der Waals surface area contributed by atoms with Crippen molar-refractivity contribution in [3.8, 4) is 0 Å². The van der Waals surface area contributed by atoms with Gasteiger partial charge in [-0.1, -0.05) is 39.3 Å². The van der Waals surface area contributed by atoms with Crippen LogP contribution in [0.4, 0.5) is 0 Å². The summed E-state index contributed by atoms with van der Waals surface area (Å²) in [6.45, 7) is 0.473. The molecule has 0 bridgehead atoms. The van der Waals surface area contributed by atoms with Crippen LogP contribution < -0.4 is 5.73 Å². The van der Waals surface area contributed by atoms with Crippen LogP contribution in [0.25, 0.3) is 0 Å². The second-order valence-electron chi connectivity index (χ2n) is 3.18. The van der Waals surface area contributed by atoms with Crippen molar-refractivity contribution >= 4 is 21.6 Å². The van der Waals surface area contributed by atoms with Gasteiger partial charge in [0, 0.05) is 23.0 Å². The highest BCUT2D eigenvalue weighted by Crippen LogP contribution is 2.31. The van der Waals surface area contributed by atoms with Gasteiger partial charge in [-0.05, 0) is 6.07 Å². The van der Waals surface area contributed by atoms with E-state index in [-0.39, 0.29) is 6.10 Å². The fraction of sp³-hybridized carbons (Fsp3) is 0.300. The summed E-state index contributed by atoms with van der Waals surface area (Å²) in [5.74, 6) is 0. The van der Waals surface area contributed by atoms with E-state index >= 15 is 0 Å². The molecule has 0 saturated carbocycles. The Labute approximate surface area is 91.1 Å². The molecular weight excluding hydrogens is 244 g/mol. The highest BCUT2D eigenvalue weighted by molar-refractivity contribution is 9.10. The third-order valence-corrected chi connectivity index (χ3v) is 2.94. The predicted molar refractivity (Wildman–Crippen MR) is 59.1 cm³/mol. The van der Waals surface area contributed by atoms with E-state index in [1.807, 2.05) is 24.3 Å². The molecule has 1 heterocycles. The van der Waals surface area contributed by atoms with Crippen LogP contribution in [-0.2, 0) is 4.84 Å². The Bertz CT molecular complexity index is 365. The van der Waals surface area contributed by atoms with Gasteiger partial charge in [0.2, 0.25) is 0 Å². The first-order valence-corrected chi connectivity index (χ1v) is 5.26. The highest BCUT2D eigenvalue weighted by Gasteiger charge is 2.23. The van der Waals surface area contributed by atoms with Gasteiger partial charge in [0.15, 0.2) is 6.10 Å². The standard InChI is InChI=1S/C10H11BrN2O/c11-9-4-2-1-3-8(9)10-5-7(6-12)13-14-10/h1-4,10H,5-6,12H2. The summed E-state index contributed by atoms with van der Waals surface area (Å²) in [7, 11) is 0. The number of nitrogens with two attached hydrogens (primary N) is 1. The van der Waals surface area contributed by atoms with Crippen molar-refractivity contribution in [2.45, 2.75) is 12.5 Å². The average molecular weight is 255 g/mol. The molecule has 0 amide bonds. The van der Waals surface area contributed by atoms with Crippen LogP contribution in [0.15, 0.2) is 33.9 Å². The van der Waals surface area contributed by atoms with Crippen molar-refractivity contribution in [3.63, 3.8) is 0 Å². The fourth-order valence-corrected chi connectivity index (χ4v) is 1.99. The van der Waals surface area contributed by atoms with Gasteiger partial charge in [-0.15, -0.1) is 0 Å². The van der Waals surface area contributed by atoms with E-state index in [0.717, 1.165) is 22.2 Å². The van der Waals surface area contributed by atoms with Crippen LogP contribution >= 0.6 is 15.9 Å². The molecule has 4 heteroatoms. The number of halogens is 1. The van der Waals surface area contributed by atoms with E-state index in [9.17, 15) is 0 Å². The maximum Gasteiger partial charge on any atom is 0.159 e. The SMILES string of the molecule is NCC1=NOC(c2ccccc2Br)C1. The molecule has 1 unspecified atom stereocenters. The summed E-state index contributed by atoms with van der Waals surface area (Å²) in [4.78, 5) is 5.30. The van der Waals surface area contributed by atoms with E-state index in [1.165, 1.54) is 0 Å². The first kappa shape index (κ1) is 9.68. The van der Waals surface area contributed by atoms with Gasteiger partial charge in [0.25, 0.3) is 0 Å². The maximum absolute atomic E-state index is 5.49. The van der Waals surface area contributed by atoms with Crippen LogP contribution in [-0.4, -0.2) is 12.3 Å². The molecule has 0 aliphatic carbocycles. The quantitative estimate of drug-likeness (QED) is 0.880. The van der Waals surface area contributed by atoms with Crippen molar-refractivity contribution in [3.05, 3.63) is 34.3 Å². The Hall–Kier alpha value is -0.870. The van der Waals surface area contributed by atoms with Gasteiger partial charge in [-0.2, -0.15) is 0 Å². The molecule has 74 valence electrons. The zero-order valence-corrected chi connectivity index (χ0v) is 9.20. The summed E-state index contributed by atoms with van der Waals surface area (Å²) in [5.41, 5.74) is 7.54. The average Bonchev–Trinajstić information content (AvgIpc) is 2.67. The molecule has 0 spiro atoms. The lowest BCUT2D eigenvalue weighted by atomic mass is 10.0. The number of hydrogen-bond acceptors (Lipinski definition) is 3. The molecule has 1 aliphatic heterocycles. The summed E-state index contributed by atoms with van der Waals surface area (Å²) in [6.07, 6.45) is 0.808. The van der Waals surface area contributed by atoms with Crippen molar-refractivity contribution in [1.82, 2.24) is 0 Å². The van der Waals surface area contributed by atoms with E-state index in [0.29, 0.717) is 6.54 Å². The lowest BCUT2D eigenvalue weighted by Gasteiger charge is -2.09.